The van der Waals surface area contributed by atoms with Crippen molar-refractivity contribution in [1.29, 1.82) is 0 Å². The molecule has 0 fully saturated rings. The van der Waals surface area contributed by atoms with Crippen molar-refractivity contribution in [2.24, 2.45) is 5.92 Å². The number of carbonyl (C=O) groups excluding carboxylic acids is 1. The molecule has 4 nitrogen and oxygen atoms in total. The second-order valence-corrected chi connectivity index (χ2v) is 6.99. The summed E-state index contributed by atoms with van der Waals surface area (Å²) in [6, 6.07) is 6.71. The van der Waals surface area contributed by atoms with Gasteiger partial charge in [0.05, 0.1) is 12.5 Å². The summed E-state index contributed by atoms with van der Waals surface area (Å²) < 4.78 is 0. The topological polar surface area (TPSA) is 39.3 Å². The summed E-state index contributed by atoms with van der Waals surface area (Å²) in [6.45, 7) is 3.74. The van der Waals surface area contributed by atoms with Crippen molar-refractivity contribution in [2.45, 2.75) is 19.4 Å². The van der Waals surface area contributed by atoms with Gasteiger partial charge < -0.3 is 9.88 Å². The Morgan fingerprint density at radius 1 is 1.48 bits per heavy atom. The largest absolute Gasteiger partial charge is 0.361 e. The van der Waals surface area contributed by atoms with Crippen LogP contribution in [-0.2, 0) is 11.2 Å². The van der Waals surface area contributed by atoms with Gasteiger partial charge in [0, 0.05) is 36.2 Å². The van der Waals surface area contributed by atoms with Crippen molar-refractivity contribution in [3.05, 3.63) is 41.6 Å². The molecule has 1 N–H and O–H groups in total. The van der Waals surface area contributed by atoms with E-state index in [2.05, 4.69) is 53.3 Å². The highest BCUT2D eigenvalue weighted by molar-refractivity contribution is 5.99. The third-order valence-corrected chi connectivity index (χ3v) is 5.56. The monoisotopic (exact) mass is 333 g/mol. The lowest BCUT2D eigenvalue weighted by molar-refractivity contribution is -0.133. The number of fused-ring (bicyclic) bond motifs is 2. The highest BCUT2D eigenvalue weighted by Crippen LogP contribution is 2.40. The molecule has 25 heavy (non-hydrogen) atoms. The third-order valence-electron chi connectivity index (χ3n) is 5.56. The minimum Gasteiger partial charge on any atom is -0.361 e. The van der Waals surface area contributed by atoms with Gasteiger partial charge in [-0.3, -0.25) is 9.69 Å². The number of likely N-dealkylation sites (N-methyl/N-ethyl adjacent to an activating group) is 1. The molecule has 4 rings (SSSR count). The van der Waals surface area contributed by atoms with Crippen LogP contribution < -0.4 is 0 Å². The molecule has 1 aliphatic carbocycles. The van der Waals surface area contributed by atoms with Gasteiger partial charge in [0.25, 0.3) is 0 Å². The number of rotatable bonds is 3. The van der Waals surface area contributed by atoms with E-state index in [1.54, 1.807) is 4.90 Å². The Morgan fingerprint density at radius 3 is 3.08 bits per heavy atom. The normalized spacial score (nSPS) is 22.2. The molecule has 0 radical (unpaired) electrons. The Bertz CT molecular complexity index is 901. The van der Waals surface area contributed by atoms with Crippen LogP contribution in [0.5, 0.6) is 0 Å². The smallest absolute Gasteiger partial charge is 0.231 e. The van der Waals surface area contributed by atoms with Crippen molar-refractivity contribution >= 4 is 22.4 Å². The minimum atomic E-state index is -0.139. The fraction of sp³-hybridized carbons (Fsp3) is 0.381. The summed E-state index contributed by atoms with van der Waals surface area (Å²) >= 11 is 0. The molecule has 128 valence electrons. The van der Waals surface area contributed by atoms with Crippen LogP contribution in [-0.4, -0.2) is 53.4 Å². The molecular weight excluding hydrogens is 310 g/mol. The summed E-state index contributed by atoms with van der Waals surface area (Å²) in [4.78, 5) is 20.4. The summed E-state index contributed by atoms with van der Waals surface area (Å²) in [7, 11) is 2.12. The maximum Gasteiger partial charge on any atom is 0.231 e. The van der Waals surface area contributed by atoms with Crippen molar-refractivity contribution < 1.29 is 4.79 Å². The molecule has 0 bridgehead atoms. The first-order valence-corrected chi connectivity index (χ1v) is 8.87. The number of carbonyl (C=O) groups is 1. The number of benzene rings is 1. The van der Waals surface area contributed by atoms with E-state index in [-0.39, 0.29) is 11.8 Å². The fourth-order valence-electron chi connectivity index (χ4n) is 4.30. The molecule has 2 aromatic rings. The molecule has 0 spiro atoms. The van der Waals surface area contributed by atoms with Crippen molar-refractivity contribution in [1.82, 2.24) is 14.8 Å². The first kappa shape index (κ1) is 16.0. The SMILES string of the molecule is C#CCN(CC)C(=O)[C@@H]1C=C2c3cccc4[nH]cc(c34)C[C@H]2N(C)C1. The number of aromatic nitrogens is 1. The molecule has 1 aromatic heterocycles. The van der Waals surface area contributed by atoms with Crippen LogP contribution in [0.3, 0.4) is 0 Å². The molecular formula is C21H23N3O. The van der Waals surface area contributed by atoms with E-state index in [1.807, 2.05) is 6.92 Å². The maximum atomic E-state index is 12.9. The number of amides is 1. The zero-order valence-corrected chi connectivity index (χ0v) is 14.7. The second kappa shape index (κ2) is 6.09. The highest BCUT2D eigenvalue weighted by Gasteiger charge is 2.36. The van der Waals surface area contributed by atoms with Crippen molar-refractivity contribution in [3.63, 3.8) is 0 Å². The number of hydrogen-bond donors (Lipinski definition) is 1. The van der Waals surface area contributed by atoms with Crippen LogP contribution in [0.25, 0.3) is 16.5 Å². The number of nitrogens with one attached hydrogen (secondary N) is 1. The summed E-state index contributed by atoms with van der Waals surface area (Å²) in [5, 5.41) is 1.31. The predicted molar refractivity (Wildman–Crippen MR) is 101 cm³/mol. The third kappa shape index (κ3) is 2.47. The van der Waals surface area contributed by atoms with E-state index in [0.717, 1.165) is 13.0 Å². The first-order chi connectivity index (χ1) is 12.1. The average Bonchev–Trinajstić information content (AvgIpc) is 3.04. The lowest BCUT2D eigenvalue weighted by Crippen LogP contribution is -2.47. The van der Waals surface area contributed by atoms with Crippen molar-refractivity contribution in [3.8, 4) is 12.3 Å². The van der Waals surface area contributed by atoms with Gasteiger partial charge in [-0.15, -0.1) is 6.42 Å². The summed E-state index contributed by atoms with van der Waals surface area (Å²) in [5.74, 6) is 2.59. The minimum absolute atomic E-state index is 0.130. The zero-order chi connectivity index (χ0) is 17.6. The summed E-state index contributed by atoms with van der Waals surface area (Å²) in [6.07, 6.45) is 10.7. The zero-order valence-electron chi connectivity index (χ0n) is 14.7. The number of H-pyrrole nitrogens is 1. The van der Waals surface area contributed by atoms with Gasteiger partial charge in [-0.2, -0.15) is 0 Å². The Balaban J connectivity index is 1.77. The molecule has 2 atom stereocenters. The first-order valence-electron chi connectivity index (χ1n) is 8.87. The maximum absolute atomic E-state index is 12.9. The van der Waals surface area contributed by atoms with E-state index in [4.69, 9.17) is 6.42 Å². The van der Waals surface area contributed by atoms with E-state index in [9.17, 15) is 4.79 Å². The molecule has 0 saturated heterocycles. The number of aromatic amines is 1. The second-order valence-electron chi connectivity index (χ2n) is 6.99. The van der Waals surface area contributed by atoms with Gasteiger partial charge in [-0.1, -0.05) is 24.1 Å². The average molecular weight is 333 g/mol. The molecule has 4 heteroatoms. The molecule has 2 aliphatic rings. The van der Waals surface area contributed by atoms with Gasteiger partial charge in [0.2, 0.25) is 5.91 Å². The van der Waals surface area contributed by atoms with E-state index < -0.39 is 0 Å². The predicted octanol–water partition coefficient (Wildman–Crippen LogP) is 2.52. The quantitative estimate of drug-likeness (QED) is 0.877. The van der Waals surface area contributed by atoms with Gasteiger partial charge in [0.15, 0.2) is 0 Å². The van der Waals surface area contributed by atoms with Crippen LogP contribution in [0.1, 0.15) is 18.1 Å². The fourth-order valence-corrected chi connectivity index (χ4v) is 4.30. The van der Waals surface area contributed by atoms with Gasteiger partial charge in [0.1, 0.15) is 0 Å². The Hall–Kier alpha value is -2.51. The van der Waals surface area contributed by atoms with E-state index >= 15 is 0 Å². The van der Waals surface area contributed by atoms with Crippen LogP contribution in [0.4, 0.5) is 0 Å². The molecule has 0 saturated carbocycles. The highest BCUT2D eigenvalue weighted by atomic mass is 16.2. The Kier molecular flexibility index (Phi) is 3.89. The number of hydrogen-bond acceptors (Lipinski definition) is 2. The molecule has 1 aliphatic heterocycles. The molecule has 1 amide bonds. The standard InChI is InChI=1S/C21H23N3O/c1-4-9-24(5-2)21(25)15-10-17-16-7-6-8-18-20(16)14(12-22-18)11-19(17)23(3)13-15/h1,6-8,10,12,15,19,22H,5,9,11,13H2,2-3H3/t15-,19-/m1/s1. The lowest BCUT2D eigenvalue weighted by atomic mass is 9.79. The Labute approximate surface area is 148 Å². The van der Waals surface area contributed by atoms with Crippen LogP contribution >= 0.6 is 0 Å². The van der Waals surface area contributed by atoms with Gasteiger partial charge in [-0.25, -0.2) is 0 Å². The van der Waals surface area contributed by atoms with E-state index in [0.29, 0.717) is 19.1 Å². The number of nitrogens with zero attached hydrogens (tertiary/aromatic N) is 2. The van der Waals surface area contributed by atoms with Gasteiger partial charge >= 0.3 is 0 Å². The van der Waals surface area contributed by atoms with E-state index in [1.165, 1.54) is 27.6 Å². The summed E-state index contributed by atoms with van der Waals surface area (Å²) in [5.41, 5.74) is 5.08. The van der Waals surface area contributed by atoms with Crippen LogP contribution in [0.15, 0.2) is 30.5 Å². The van der Waals surface area contributed by atoms with Crippen molar-refractivity contribution in [2.75, 3.05) is 26.7 Å². The molecule has 1 aromatic carbocycles. The molecule has 2 heterocycles. The van der Waals surface area contributed by atoms with Gasteiger partial charge in [-0.05, 0) is 43.2 Å². The Morgan fingerprint density at radius 2 is 2.32 bits per heavy atom. The lowest BCUT2D eigenvalue weighted by Gasteiger charge is -2.40. The van der Waals surface area contributed by atoms with Crippen LogP contribution in [0, 0.1) is 18.3 Å². The van der Waals surface area contributed by atoms with Crippen LogP contribution in [0.2, 0.25) is 0 Å². The number of terminal acetylenes is 1. The molecule has 0 unspecified atom stereocenters.